The first-order chi connectivity index (χ1) is 16.1. The highest BCUT2D eigenvalue weighted by atomic mass is 32.2. The van der Waals surface area contributed by atoms with E-state index in [-0.39, 0.29) is 6.03 Å². The number of anilines is 6. The van der Waals surface area contributed by atoms with Gasteiger partial charge < -0.3 is 21.3 Å². The number of amides is 2. The van der Waals surface area contributed by atoms with E-state index in [0.717, 1.165) is 16.3 Å². The fourth-order valence-corrected chi connectivity index (χ4v) is 3.50. The Labute approximate surface area is 196 Å². The minimum absolute atomic E-state index is 0.300. The monoisotopic (exact) mass is 457 g/mol. The molecule has 0 atom stereocenters. The van der Waals surface area contributed by atoms with Crippen LogP contribution in [0, 0.1) is 6.92 Å². The minimum atomic E-state index is -0.300. The molecule has 0 aliphatic rings. The third kappa shape index (κ3) is 6.44. The number of nitrogens with zero attached hydrogens (tertiary/aromatic N) is 3. The van der Waals surface area contributed by atoms with E-state index in [1.165, 1.54) is 0 Å². The summed E-state index contributed by atoms with van der Waals surface area (Å²) in [6.45, 7) is 1.83. The van der Waals surface area contributed by atoms with Crippen molar-refractivity contribution in [3.63, 3.8) is 0 Å². The molecule has 0 saturated carbocycles. The van der Waals surface area contributed by atoms with E-state index >= 15 is 0 Å². The number of hydrogen-bond donors (Lipinski definition) is 4. The van der Waals surface area contributed by atoms with Gasteiger partial charge in [0.1, 0.15) is 23.3 Å². The van der Waals surface area contributed by atoms with E-state index in [1.807, 2.05) is 86.0 Å². The molecule has 9 heteroatoms. The average molecular weight is 458 g/mol. The Morgan fingerprint density at radius 3 is 2.21 bits per heavy atom. The van der Waals surface area contributed by atoms with Crippen molar-refractivity contribution in [2.75, 3.05) is 27.5 Å². The number of nitrogens with one attached hydrogen (secondary N) is 4. The lowest BCUT2D eigenvalue weighted by molar-refractivity contribution is 0.262. The average Bonchev–Trinajstić information content (AvgIpc) is 2.81. The van der Waals surface area contributed by atoms with Gasteiger partial charge in [0.2, 0.25) is 0 Å². The molecular weight excluding hydrogens is 434 g/mol. The maximum Gasteiger partial charge on any atom is 0.323 e. The van der Waals surface area contributed by atoms with Crippen LogP contribution in [0.4, 0.5) is 39.3 Å². The zero-order chi connectivity index (χ0) is 23.0. The number of carbonyl (C=O) groups is 1. The van der Waals surface area contributed by atoms with Gasteiger partial charge in [-0.15, -0.1) is 11.8 Å². The van der Waals surface area contributed by atoms with Crippen LogP contribution >= 0.6 is 11.8 Å². The van der Waals surface area contributed by atoms with E-state index in [4.69, 9.17) is 0 Å². The van der Waals surface area contributed by atoms with Gasteiger partial charge in [-0.25, -0.2) is 19.7 Å². The van der Waals surface area contributed by atoms with Crippen LogP contribution in [-0.2, 0) is 0 Å². The number of benzene rings is 2. The number of urea groups is 1. The summed E-state index contributed by atoms with van der Waals surface area (Å²) in [5.41, 5.74) is 2.25. The molecule has 2 aromatic carbocycles. The van der Waals surface area contributed by atoms with E-state index in [0.29, 0.717) is 29.0 Å². The second-order valence-electron chi connectivity index (χ2n) is 7.04. The van der Waals surface area contributed by atoms with Crippen molar-refractivity contribution in [3.8, 4) is 0 Å². The lowest BCUT2D eigenvalue weighted by Crippen LogP contribution is -2.19. The van der Waals surface area contributed by atoms with E-state index in [1.54, 1.807) is 18.0 Å². The second kappa shape index (κ2) is 10.5. The lowest BCUT2D eigenvalue weighted by atomic mass is 10.2. The molecule has 2 aromatic heterocycles. The zero-order valence-electron chi connectivity index (χ0n) is 18.2. The third-order valence-corrected chi connectivity index (χ3v) is 5.23. The maximum atomic E-state index is 12.3. The third-order valence-electron chi connectivity index (χ3n) is 4.50. The van der Waals surface area contributed by atoms with Gasteiger partial charge in [-0.1, -0.05) is 12.1 Å². The van der Waals surface area contributed by atoms with Crippen molar-refractivity contribution in [1.82, 2.24) is 15.0 Å². The molecule has 0 fully saturated rings. The highest BCUT2D eigenvalue weighted by molar-refractivity contribution is 7.98. The molecule has 0 radical (unpaired) electrons. The summed E-state index contributed by atoms with van der Waals surface area (Å²) >= 11 is 1.62. The zero-order valence-corrected chi connectivity index (χ0v) is 19.0. The van der Waals surface area contributed by atoms with Gasteiger partial charge in [-0.05, 0) is 67.8 Å². The summed E-state index contributed by atoms with van der Waals surface area (Å²) in [6.07, 6.45) is 3.71. The molecule has 0 saturated heterocycles. The van der Waals surface area contributed by atoms with E-state index < -0.39 is 0 Å². The van der Waals surface area contributed by atoms with Gasteiger partial charge in [0.05, 0.1) is 0 Å². The Kier molecular flexibility index (Phi) is 7.01. The largest absolute Gasteiger partial charge is 0.340 e. The molecule has 8 nitrogen and oxygen atoms in total. The second-order valence-corrected chi connectivity index (χ2v) is 7.92. The van der Waals surface area contributed by atoms with Crippen LogP contribution in [0.2, 0.25) is 0 Å². The first-order valence-electron chi connectivity index (χ1n) is 10.2. The van der Waals surface area contributed by atoms with Crippen LogP contribution in [0.25, 0.3) is 0 Å². The molecule has 0 unspecified atom stereocenters. The fourth-order valence-electron chi connectivity index (χ4n) is 3.04. The van der Waals surface area contributed by atoms with Gasteiger partial charge in [0.25, 0.3) is 0 Å². The number of pyridine rings is 1. The molecule has 0 aliphatic heterocycles. The van der Waals surface area contributed by atoms with Gasteiger partial charge >= 0.3 is 6.03 Å². The van der Waals surface area contributed by atoms with E-state index in [2.05, 4.69) is 36.2 Å². The molecule has 33 heavy (non-hydrogen) atoms. The standard InChI is InChI=1S/C24H23N7OS/c1-16-26-22(15-23(27-16)31-21-8-3-4-13-25-21)28-17-9-11-18(12-10-17)29-24(32)30-19-6-5-7-20(14-19)33-2/h3-15H,1-2H3,(H2,29,30,32)(H2,25,26,27,28,31). The van der Waals surface area contributed by atoms with Crippen molar-refractivity contribution in [3.05, 3.63) is 84.8 Å². The van der Waals surface area contributed by atoms with Crippen LogP contribution < -0.4 is 21.3 Å². The van der Waals surface area contributed by atoms with Gasteiger partial charge in [-0.2, -0.15) is 0 Å². The number of aryl methyl sites for hydroxylation is 1. The van der Waals surface area contributed by atoms with Crippen molar-refractivity contribution < 1.29 is 4.79 Å². The summed E-state index contributed by atoms with van der Waals surface area (Å²) in [6, 6.07) is 22.2. The SMILES string of the molecule is CSc1cccc(NC(=O)Nc2ccc(Nc3cc(Nc4ccccn4)nc(C)n3)cc2)c1. The summed E-state index contributed by atoms with van der Waals surface area (Å²) < 4.78 is 0. The molecule has 4 aromatic rings. The van der Waals surface area contributed by atoms with Crippen LogP contribution in [0.1, 0.15) is 5.82 Å². The maximum absolute atomic E-state index is 12.3. The van der Waals surface area contributed by atoms with Crippen LogP contribution in [-0.4, -0.2) is 27.2 Å². The smallest absolute Gasteiger partial charge is 0.323 e. The number of thioether (sulfide) groups is 1. The fraction of sp³-hybridized carbons (Fsp3) is 0.0833. The Hall–Kier alpha value is -4.11. The van der Waals surface area contributed by atoms with Gasteiger partial charge in [0.15, 0.2) is 0 Å². The number of hydrogen-bond acceptors (Lipinski definition) is 7. The summed E-state index contributed by atoms with van der Waals surface area (Å²) in [7, 11) is 0. The predicted octanol–water partition coefficient (Wildman–Crippen LogP) is 6.03. The van der Waals surface area contributed by atoms with Crippen LogP contribution in [0.5, 0.6) is 0 Å². The Morgan fingerprint density at radius 2 is 1.48 bits per heavy atom. The summed E-state index contributed by atoms with van der Waals surface area (Å²) in [5.74, 6) is 2.62. The van der Waals surface area contributed by atoms with Crippen LogP contribution in [0.15, 0.2) is 83.9 Å². The van der Waals surface area contributed by atoms with Gasteiger partial charge in [-0.3, -0.25) is 0 Å². The Balaban J connectivity index is 1.37. The minimum Gasteiger partial charge on any atom is -0.340 e. The molecule has 2 heterocycles. The van der Waals surface area contributed by atoms with Crippen LogP contribution in [0.3, 0.4) is 0 Å². The van der Waals surface area contributed by atoms with Gasteiger partial charge in [0, 0.05) is 34.2 Å². The number of rotatable bonds is 7. The molecule has 0 bridgehead atoms. The number of carbonyl (C=O) groups excluding carboxylic acids is 1. The first kappa shape index (κ1) is 22.1. The quantitative estimate of drug-likeness (QED) is 0.251. The number of aromatic nitrogens is 3. The Morgan fingerprint density at radius 1 is 0.758 bits per heavy atom. The molecule has 2 amide bonds. The topological polar surface area (TPSA) is 104 Å². The van der Waals surface area contributed by atoms with Crippen molar-refractivity contribution in [2.24, 2.45) is 0 Å². The molecule has 166 valence electrons. The van der Waals surface area contributed by atoms with E-state index in [9.17, 15) is 4.79 Å². The van der Waals surface area contributed by atoms with Crippen molar-refractivity contribution in [1.29, 1.82) is 0 Å². The Bertz CT molecular complexity index is 1230. The summed E-state index contributed by atoms with van der Waals surface area (Å²) in [5, 5.41) is 12.1. The first-order valence-corrected chi connectivity index (χ1v) is 11.4. The normalized spacial score (nSPS) is 10.4. The predicted molar refractivity (Wildman–Crippen MR) is 135 cm³/mol. The molecule has 0 spiro atoms. The highest BCUT2D eigenvalue weighted by Crippen LogP contribution is 2.22. The molecular formula is C24H23N7OS. The van der Waals surface area contributed by atoms with Crippen molar-refractivity contribution >= 4 is 52.3 Å². The van der Waals surface area contributed by atoms with Crippen molar-refractivity contribution in [2.45, 2.75) is 11.8 Å². The highest BCUT2D eigenvalue weighted by Gasteiger charge is 2.06. The molecule has 4 N–H and O–H groups in total. The lowest BCUT2D eigenvalue weighted by Gasteiger charge is -2.11. The molecule has 4 rings (SSSR count). The summed E-state index contributed by atoms with van der Waals surface area (Å²) in [4.78, 5) is 26.5. The molecule has 0 aliphatic carbocycles.